The van der Waals surface area contributed by atoms with E-state index >= 15 is 0 Å². The van der Waals surface area contributed by atoms with Gasteiger partial charge in [0, 0.05) is 24.0 Å². The Bertz CT molecular complexity index is 941. The van der Waals surface area contributed by atoms with Crippen LogP contribution in [0.25, 0.3) is 0 Å². The quantitative estimate of drug-likeness (QED) is 0.517. The van der Waals surface area contributed by atoms with Crippen molar-refractivity contribution in [2.45, 2.75) is 11.8 Å². The summed E-state index contributed by atoms with van der Waals surface area (Å²) in [5.74, 6) is -1.50. The summed E-state index contributed by atoms with van der Waals surface area (Å²) in [7, 11) is -3.56. The molecule has 24 heavy (non-hydrogen) atoms. The average Bonchev–Trinajstić information content (AvgIpc) is 2.47. The lowest BCUT2D eigenvalue weighted by Gasteiger charge is -2.10. The number of benzene rings is 2. The molecule has 2 aromatic rings. The Hall–Kier alpha value is -2.81. The van der Waals surface area contributed by atoms with Crippen molar-refractivity contribution in [1.82, 2.24) is 0 Å². The second kappa shape index (κ2) is 6.36. The van der Waals surface area contributed by atoms with E-state index in [1.54, 1.807) is 0 Å². The summed E-state index contributed by atoms with van der Waals surface area (Å²) >= 11 is 0. The highest BCUT2D eigenvalue weighted by molar-refractivity contribution is 7.90. The number of carbonyl (C=O) groups is 1. The van der Waals surface area contributed by atoms with E-state index in [0.29, 0.717) is 5.56 Å². The van der Waals surface area contributed by atoms with Crippen molar-refractivity contribution in [3.63, 3.8) is 0 Å². The number of halogens is 1. The molecule has 0 aliphatic heterocycles. The number of nitrogens with one attached hydrogen (secondary N) is 1. The molecule has 0 unspecified atom stereocenters. The number of non-ortho nitro benzene ring substituents is 1. The molecule has 7 nitrogen and oxygen atoms in total. The van der Waals surface area contributed by atoms with Gasteiger partial charge in [0.05, 0.1) is 15.5 Å². The maximum Gasteiger partial charge on any atom is 0.269 e. The van der Waals surface area contributed by atoms with Crippen molar-refractivity contribution in [2.24, 2.45) is 0 Å². The molecule has 9 heteroatoms. The number of hydrogen-bond acceptors (Lipinski definition) is 5. The summed E-state index contributed by atoms with van der Waals surface area (Å²) in [6.07, 6.45) is 0.965. The highest BCUT2D eigenvalue weighted by Gasteiger charge is 2.17. The van der Waals surface area contributed by atoms with Crippen molar-refractivity contribution in [2.75, 3.05) is 11.6 Å². The van der Waals surface area contributed by atoms with Gasteiger partial charge in [0.1, 0.15) is 5.82 Å². The van der Waals surface area contributed by atoms with E-state index in [1.807, 2.05) is 0 Å². The first kappa shape index (κ1) is 17.5. The number of sulfone groups is 1. The summed E-state index contributed by atoms with van der Waals surface area (Å²) < 4.78 is 36.8. The second-order valence-corrected chi connectivity index (χ2v) is 7.14. The standard InChI is InChI=1S/C15H13FN2O5S/c1-9-7-10(18(20)21)3-5-12(9)15(19)17-14-8-11(24(2,22)23)4-6-13(14)16/h3-8H,1-2H3,(H,17,19). The number of rotatable bonds is 4. The minimum Gasteiger partial charge on any atom is -0.319 e. The molecule has 0 heterocycles. The van der Waals surface area contributed by atoms with Gasteiger partial charge in [-0.15, -0.1) is 0 Å². The third kappa shape index (κ3) is 3.74. The molecule has 1 amide bonds. The van der Waals surface area contributed by atoms with E-state index in [4.69, 9.17) is 0 Å². The van der Waals surface area contributed by atoms with Crippen LogP contribution in [-0.4, -0.2) is 25.5 Å². The number of amides is 1. The number of nitro benzene ring substituents is 1. The fraction of sp³-hybridized carbons (Fsp3) is 0.133. The largest absolute Gasteiger partial charge is 0.319 e. The third-order valence-electron chi connectivity index (χ3n) is 3.28. The minimum absolute atomic E-state index is 0.116. The lowest BCUT2D eigenvalue weighted by molar-refractivity contribution is -0.384. The normalized spacial score (nSPS) is 11.1. The summed E-state index contributed by atoms with van der Waals surface area (Å²) in [4.78, 5) is 22.2. The van der Waals surface area contributed by atoms with E-state index < -0.39 is 26.5 Å². The van der Waals surface area contributed by atoms with Gasteiger partial charge in [-0.3, -0.25) is 14.9 Å². The Morgan fingerprint density at radius 3 is 2.42 bits per heavy atom. The van der Waals surface area contributed by atoms with Gasteiger partial charge in [0.15, 0.2) is 9.84 Å². The van der Waals surface area contributed by atoms with Crippen LogP contribution in [0.1, 0.15) is 15.9 Å². The monoisotopic (exact) mass is 352 g/mol. The van der Waals surface area contributed by atoms with Crippen LogP contribution in [0.2, 0.25) is 0 Å². The average molecular weight is 352 g/mol. The lowest BCUT2D eigenvalue weighted by atomic mass is 10.1. The first-order valence-electron chi connectivity index (χ1n) is 6.65. The van der Waals surface area contributed by atoms with Gasteiger partial charge in [-0.05, 0) is 36.8 Å². The van der Waals surface area contributed by atoms with Crippen LogP contribution < -0.4 is 5.32 Å². The molecule has 0 saturated carbocycles. The highest BCUT2D eigenvalue weighted by Crippen LogP contribution is 2.22. The van der Waals surface area contributed by atoms with E-state index in [9.17, 15) is 27.7 Å². The smallest absolute Gasteiger partial charge is 0.269 e. The molecule has 2 aromatic carbocycles. The molecule has 0 atom stereocenters. The van der Waals surface area contributed by atoms with Gasteiger partial charge in [0.2, 0.25) is 0 Å². The van der Waals surface area contributed by atoms with Gasteiger partial charge < -0.3 is 5.32 Å². The van der Waals surface area contributed by atoms with Gasteiger partial charge in [0.25, 0.3) is 11.6 Å². The van der Waals surface area contributed by atoms with E-state index in [-0.39, 0.29) is 21.8 Å². The summed E-state index contributed by atoms with van der Waals surface area (Å²) in [6, 6.07) is 6.68. The van der Waals surface area contributed by atoms with Gasteiger partial charge in [-0.2, -0.15) is 0 Å². The molecular formula is C15H13FN2O5S. The topological polar surface area (TPSA) is 106 Å². The molecule has 0 aromatic heterocycles. The molecule has 0 spiro atoms. The highest BCUT2D eigenvalue weighted by atomic mass is 32.2. The predicted molar refractivity (Wildman–Crippen MR) is 85.3 cm³/mol. The molecule has 126 valence electrons. The number of anilines is 1. The molecule has 1 N–H and O–H groups in total. The first-order chi connectivity index (χ1) is 11.1. The molecule has 0 saturated heterocycles. The second-order valence-electron chi connectivity index (χ2n) is 5.12. The zero-order valence-electron chi connectivity index (χ0n) is 12.7. The number of hydrogen-bond donors (Lipinski definition) is 1. The Balaban J connectivity index is 2.35. The van der Waals surface area contributed by atoms with Crippen molar-refractivity contribution in [1.29, 1.82) is 0 Å². The molecule has 0 fully saturated rings. The fourth-order valence-corrected chi connectivity index (χ4v) is 2.68. The fourth-order valence-electron chi connectivity index (χ4n) is 2.04. The lowest BCUT2D eigenvalue weighted by Crippen LogP contribution is -2.15. The minimum atomic E-state index is -3.56. The first-order valence-corrected chi connectivity index (χ1v) is 8.55. The van der Waals surface area contributed by atoms with E-state index in [1.165, 1.54) is 19.1 Å². The molecule has 2 rings (SSSR count). The number of nitro groups is 1. The van der Waals surface area contributed by atoms with Gasteiger partial charge in [-0.1, -0.05) is 0 Å². The Labute approximate surface area is 137 Å². The van der Waals surface area contributed by atoms with Crippen molar-refractivity contribution in [3.05, 3.63) is 63.5 Å². The summed E-state index contributed by atoms with van der Waals surface area (Å²) in [5, 5.41) is 13.0. The molecule has 0 bridgehead atoms. The van der Waals surface area contributed by atoms with E-state index in [0.717, 1.165) is 30.5 Å². The van der Waals surface area contributed by atoms with Crippen LogP contribution in [0.15, 0.2) is 41.3 Å². The maximum atomic E-state index is 13.8. The molecule has 0 radical (unpaired) electrons. The SMILES string of the molecule is Cc1cc([N+](=O)[O-])ccc1C(=O)Nc1cc(S(C)(=O)=O)ccc1F. The molecular weight excluding hydrogens is 339 g/mol. The van der Waals surface area contributed by atoms with Crippen LogP contribution >= 0.6 is 0 Å². The predicted octanol–water partition coefficient (Wildman–Crippen LogP) is 2.70. The van der Waals surface area contributed by atoms with Gasteiger partial charge >= 0.3 is 0 Å². The molecule has 0 aliphatic carbocycles. The van der Waals surface area contributed by atoms with Crippen LogP contribution in [0.5, 0.6) is 0 Å². The number of carbonyl (C=O) groups excluding carboxylic acids is 1. The maximum absolute atomic E-state index is 13.8. The zero-order valence-corrected chi connectivity index (χ0v) is 13.6. The summed E-state index contributed by atoms with van der Waals surface area (Å²) in [6.45, 7) is 1.51. The van der Waals surface area contributed by atoms with Crippen molar-refractivity contribution in [3.8, 4) is 0 Å². The number of aryl methyl sites for hydroxylation is 1. The Kier molecular flexibility index (Phi) is 4.65. The Morgan fingerprint density at radius 1 is 1.21 bits per heavy atom. The summed E-state index contributed by atoms with van der Waals surface area (Å²) in [5.41, 5.74) is -0.0129. The third-order valence-corrected chi connectivity index (χ3v) is 4.39. The van der Waals surface area contributed by atoms with Crippen LogP contribution in [0.3, 0.4) is 0 Å². The van der Waals surface area contributed by atoms with Crippen LogP contribution in [0.4, 0.5) is 15.8 Å². The van der Waals surface area contributed by atoms with Crippen LogP contribution in [0, 0.1) is 22.9 Å². The van der Waals surface area contributed by atoms with Crippen LogP contribution in [-0.2, 0) is 9.84 Å². The Morgan fingerprint density at radius 2 is 1.88 bits per heavy atom. The van der Waals surface area contributed by atoms with Gasteiger partial charge in [-0.25, -0.2) is 12.8 Å². The zero-order chi connectivity index (χ0) is 18.1. The van der Waals surface area contributed by atoms with Crippen molar-refractivity contribution < 1.29 is 22.5 Å². The van der Waals surface area contributed by atoms with E-state index in [2.05, 4.69) is 5.32 Å². The van der Waals surface area contributed by atoms with Crippen molar-refractivity contribution >= 4 is 27.1 Å². The number of nitrogens with zero attached hydrogens (tertiary/aromatic N) is 1. The molecule has 0 aliphatic rings.